The minimum absolute atomic E-state index is 0.149. The first-order valence-corrected chi connectivity index (χ1v) is 8.19. The van der Waals surface area contributed by atoms with Gasteiger partial charge in [-0.1, -0.05) is 49.7 Å². The molecule has 3 aromatic rings. The van der Waals surface area contributed by atoms with Crippen molar-refractivity contribution in [3.8, 4) is 11.3 Å². The van der Waals surface area contributed by atoms with Crippen molar-refractivity contribution < 1.29 is 4.79 Å². The monoisotopic (exact) mass is 320 g/mol. The van der Waals surface area contributed by atoms with E-state index >= 15 is 0 Å². The second-order valence-corrected chi connectivity index (χ2v) is 5.79. The predicted molar refractivity (Wildman–Crippen MR) is 97.2 cm³/mol. The van der Waals surface area contributed by atoms with Gasteiger partial charge in [0.25, 0.3) is 11.5 Å². The van der Waals surface area contributed by atoms with Crippen LogP contribution in [0.3, 0.4) is 0 Å². The Balaban J connectivity index is 1.88. The molecule has 0 atom stereocenters. The summed E-state index contributed by atoms with van der Waals surface area (Å²) in [6.07, 6.45) is 1.90. The second kappa shape index (κ2) is 7.13. The molecule has 0 aliphatic rings. The van der Waals surface area contributed by atoms with Crippen LogP contribution in [0.15, 0.2) is 59.4 Å². The van der Waals surface area contributed by atoms with Crippen LogP contribution in [0.1, 0.15) is 30.1 Å². The lowest BCUT2D eigenvalue weighted by Gasteiger charge is -2.07. The summed E-state index contributed by atoms with van der Waals surface area (Å²) in [5.41, 5.74) is 1.41. The quantitative estimate of drug-likeness (QED) is 0.704. The van der Waals surface area contributed by atoms with Gasteiger partial charge < -0.3 is 10.3 Å². The van der Waals surface area contributed by atoms with Crippen molar-refractivity contribution in [2.75, 3.05) is 6.54 Å². The van der Waals surface area contributed by atoms with Gasteiger partial charge in [-0.2, -0.15) is 0 Å². The SMILES string of the molecule is CCCCNC(=O)c1ccc(-c2ccc3ccccc3c2)[nH]c1=O. The number of aromatic amines is 1. The topological polar surface area (TPSA) is 62.0 Å². The maximum Gasteiger partial charge on any atom is 0.261 e. The van der Waals surface area contributed by atoms with Gasteiger partial charge in [0.15, 0.2) is 0 Å². The van der Waals surface area contributed by atoms with E-state index in [1.165, 1.54) is 0 Å². The van der Waals surface area contributed by atoms with Crippen molar-refractivity contribution in [1.82, 2.24) is 10.3 Å². The van der Waals surface area contributed by atoms with Gasteiger partial charge in [0.2, 0.25) is 0 Å². The Kier molecular flexibility index (Phi) is 4.75. The first-order valence-electron chi connectivity index (χ1n) is 8.19. The lowest BCUT2D eigenvalue weighted by atomic mass is 10.0. The molecule has 1 heterocycles. The van der Waals surface area contributed by atoms with Crippen molar-refractivity contribution in [1.29, 1.82) is 0 Å². The van der Waals surface area contributed by atoms with Gasteiger partial charge in [0.1, 0.15) is 5.56 Å². The number of carbonyl (C=O) groups excluding carboxylic acids is 1. The number of pyridine rings is 1. The number of nitrogens with one attached hydrogen (secondary N) is 2. The summed E-state index contributed by atoms with van der Waals surface area (Å²) < 4.78 is 0. The van der Waals surface area contributed by atoms with Crippen molar-refractivity contribution in [2.45, 2.75) is 19.8 Å². The van der Waals surface area contributed by atoms with Crippen LogP contribution in [0.4, 0.5) is 0 Å². The standard InChI is InChI=1S/C20H20N2O2/c1-2-3-12-21-19(23)17-10-11-18(22-20(17)24)16-9-8-14-6-4-5-7-15(14)13-16/h4-11,13H,2-3,12H2,1H3,(H,21,23)(H,22,24). The first-order chi connectivity index (χ1) is 11.7. The molecule has 0 radical (unpaired) electrons. The lowest BCUT2D eigenvalue weighted by Crippen LogP contribution is -2.30. The first kappa shape index (κ1) is 16.0. The van der Waals surface area contributed by atoms with Crippen molar-refractivity contribution in [2.24, 2.45) is 0 Å². The number of fused-ring (bicyclic) bond motifs is 1. The van der Waals surface area contributed by atoms with E-state index in [4.69, 9.17) is 0 Å². The summed E-state index contributed by atoms with van der Waals surface area (Å²) in [5, 5.41) is 5.02. The lowest BCUT2D eigenvalue weighted by molar-refractivity contribution is 0.0951. The fraction of sp³-hybridized carbons (Fsp3) is 0.200. The van der Waals surface area contributed by atoms with Gasteiger partial charge in [0.05, 0.1) is 0 Å². The number of hydrogen-bond acceptors (Lipinski definition) is 2. The number of aromatic nitrogens is 1. The molecule has 2 aromatic carbocycles. The molecule has 4 nitrogen and oxygen atoms in total. The molecule has 0 bridgehead atoms. The normalized spacial score (nSPS) is 10.7. The molecular formula is C20H20N2O2. The highest BCUT2D eigenvalue weighted by Crippen LogP contribution is 2.22. The van der Waals surface area contributed by atoms with E-state index in [-0.39, 0.29) is 17.0 Å². The van der Waals surface area contributed by atoms with Crippen molar-refractivity contribution >= 4 is 16.7 Å². The van der Waals surface area contributed by atoms with Crippen LogP contribution in [0, 0.1) is 0 Å². The van der Waals surface area contributed by atoms with Crippen LogP contribution in [0.2, 0.25) is 0 Å². The van der Waals surface area contributed by atoms with E-state index in [1.807, 2.05) is 42.5 Å². The van der Waals surface area contributed by atoms with Gasteiger partial charge in [-0.05, 0) is 41.0 Å². The molecule has 0 fully saturated rings. The fourth-order valence-corrected chi connectivity index (χ4v) is 2.65. The summed E-state index contributed by atoms with van der Waals surface area (Å²) in [7, 11) is 0. The number of H-pyrrole nitrogens is 1. The molecule has 0 aliphatic carbocycles. The maximum atomic E-state index is 12.2. The molecule has 2 N–H and O–H groups in total. The van der Waals surface area contributed by atoms with E-state index in [9.17, 15) is 9.59 Å². The average Bonchev–Trinajstić information content (AvgIpc) is 2.61. The van der Waals surface area contributed by atoms with Crippen molar-refractivity contribution in [3.63, 3.8) is 0 Å². The zero-order chi connectivity index (χ0) is 16.9. The van der Waals surface area contributed by atoms with Gasteiger partial charge in [-0.3, -0.25) is 9.59 Å². The fourth-order valence-electron chi connectivity index (χ4n) is 2.65. The molecule has 0 spiro atoms. The highest BCUT2D eigenvalue weighted by molar-refractivity contribution is 5.94. The molecular weight excluding hydrogens is 300 g/mol. The van der Waals surface area contributed by atoms with Gasteiger partial charge >= 0.3 is 0 Å². The van der Waals surface area contributed by atoms with Gasteiger partial charge in [-0.15, -0.1) is 0 Å². The van der Waals surface area contributed by atoms with Gasteiger partial charge in [0, 0.05) is 12.2 Å². The Hall–Kier alpha value is -2.88. The summed E-state index contributed by atoms with van der Waals surface area (Å²) in [5.74, 6) is -0.324. The third kappa shape index (κ3) is 3.38. The van der Waals surface area contributed by atoms with Crippen LogP contribution in [0.25, 0.3) is 22.0 Å². The summed E-state index contributed by atoms with van der Waals surface area (Å²) >= 11 is 0. The Labute approximate surface area is 140 Å². The average molecular weight is 320 g/mol. The van der Waals surface area contributed by atoms with Crippen LogP contribution in [-0.2, 0) is 0 Å². The van der Waals surface area contributed by atoms with Crippen LogP contribution in [-0.4, -0.2) is 17.4 Å². The number of hydrogen-bond donors (Lipinski definition) is 2. The number of rotatable bonds is 5. The third-order valence-corrected chi connectivity index (χ3v) is 4.03. The predicted octanol–water partition coefficient (Wildman–Crippen LogP) is 3.73. The molecule has 0 aliphatic heterocycles. The number of carbonyl (C=O) groups is 1. The molecule has 0 saturated heterocycles. The van der Waals surface area contributed by atoms with E-state index in [2.05, 4.69) is 17.2 Å². The Morgan fingerprint density at radius 3 is 2.58 bits per heavy atom. The number of unbranched alkanes of at least 4 members (excludes halogenated alkanes) is 1. The maximum absolute atomic E-state index is 12.2. The third-order valence-electron chi connectivity index (χ3n) is 4.03. The van der Waals surface area contributed by atoms with E-state index in [0.29, 0.717) is 12.2 Å². The summed E-state index contributed by atoms with van der Waals surface area (Å²) in [4.78, 5) is 27.1. The van der Waals surface area contributed by atoms with E-state index < -0.39 is 0 Å². The minimum Gasteiger partial charge on any atom is -0.352 e. The molecule has 122 valence electrons. The van der Waals surface area contributed by atoms with E-state index in [0.717, 1.165) is 29.2 Å². The Morgan fingerprint density at radius 1 is 1.04 bits per heavy atom. The number of benzene rings is 2. The summed E-state index contributed by atoms with van der Waals surface area (Å²) in [6.45, 7) is 2.64. The second-order valence-electron chi connectivity index (χ2n) is 5.79. The smallest absolute Gasteiger partial charge is 0.261 e. The molecule has 1 amide bonds. The molecule has 0 saturated carbocycles. The highest BCUT2D eigenvalue weighted by atomic mass is 16.2. The Bertz CT molecular complexity index is 928. The summed E-state index contributed by atoms with van der Waals surface area (Å²) in [6, 6.07) is 17.4. The van der Waals surface area contributed by atoms with Gasteiger partial charge in [-0.25, -0.2) is 0 Å². The molecule has 24 heavy (non-hydrogen) atoms. The largest absolute Gasteiger partial charge is 0.352 e. The van der Waals surface area contributed by atoms with Crippen LogP contribution in [0.5, 0.6) is 0 Å². The molecule has 0 unspecified atom stereocenters. The highest BCUT2D eigenvalue weighted by Gasteiger charge is 2.11. The number of amides is 1. The Morgan fingerprint density at radius 2 is 1.83 bits per heavy atom. The van der Waals surface area contributed by atoms with Crippen LogP contribution >= 0.6 is 0 Å². The zero-order valence-corrected chi connectivity index (χ0v) is 13.6. The minimum atomic E-state index is -0.366. The molecule has 1 aromatic heterocycles. The molecule has 4 heteroatoms. The van der Waals surface area contributed by atoms with Crippen LogP contribution < -0.4 is 10.9 Å². The zero-order valence-electron chi connectivity index (χ0n) is 13.6. The van der Waals surface area contributed by atoms with Crippen molar-refractivity contribution in [3.05, 3.63) is 70.5 Å². The van der Waals surface area contributed by atoms with E-state index in [1.54, 1.807) is 12.1 Å². The molecule has 3 rings (SSSR count).